The van der Waals surface area contributed by atoms with E-state index in [2.05, 4.69) is 26.2 Å². The summed E-state index contributed by atoms with van der Waals surface area (Å²) in [4.78, 5) is 3.92. The lowest BCUT2D eigenvalue weighted by molar-refractivity contribution is 0.183. The fourth-order valence-corrected chi connectivity index (χ4v) is 1.49. The van der Waals surface area contributed by atoms with Crippen molar-refractivity contribution < 1.29 is 5.11 Å². The molecule has 1 atom stereocenters. The summed E-state index contributed by atoms with van der Waals surface area (Å²) in [6.45, 7) is 2.42. The van der Waals surface area contributed by atoms with E-state index in [-0.39, 0.29) is 6.10 Å². The molecular weight excluding hydrogens is 246 g/mol. The van der Waals surface area contributed by atoms with Crippen molar-refractivity contribution in [3.63, 3.8) is 0 Å². The Balaban J connectivity index is 2.66. The van der Waals surface area contributed by atoms with Gasteiger partial charge in [0.2, 0.25) is 0 Å². The number of aliphatic hydroxyl groups excluding tert-OH is 1. The van der Waals surface area contributed by atoms with E-state index in [1.807, 2.05) is 6.92 Å². The molecule has 0 aliphatic heterocycles. The molecule has 0 fully saturated rings. The number of halogens is 1. The fraction of sp³-hybridized carbons (Fsp3) is 0.444. The van der Waals surface area contributed by atoms with Crippen molar-refractivity contribution >= 4 is 27.3 Å². The van der Waals surface area contributed by atoms with Crippen LogP contribution >= 0.6 is 15.9 Å². The molecule has 78 valence electrons. The van der Waals surface area contributed by atoms with E-state index < -0.39 is 0 Å². The second kappa shape index (κ2) is 5.17. The summed E-state index contributed by atoms with van der Waals surface area (Å²) < 4.78 is 0.806. The molecule has 0 aromatic carbocycles. The maximum absolute atomic E-state index is 9.37. The number of pyridine rings is 1. The van der Waals surface area contributed by atoms with Gasteiger partial charge in [-0.2, -0.15) is 0 Å². The molecule has 14 heavy (non-hydrogen) atoms. The average Bonchev–Trinajstić information content (AvgIpc) is 2.16. The van der Waals surface area contributed by atoms with Crippen molar-refractivity contribution in [2.45, 2.75) is 19.4 Å². The number of nitrogens with one attached hydrogen (secondary N) is 1. The molecule has 1 aromatic heterocycles. The molecule has 0 aliphatic carbocycles. The number of nitrogen functional groups attached to an aromatic ring is 1. The summed E-state index contributed by atoms with van der Waals surface area (Å²) in [5, 5.41) is 12.4. The van der Waals surface area contributed by atoms with E-state index in [0.29, 0.717) is 12.2 Å². The third-order valence-electron chi connectivity index (χ3n) is 1.91. The van der Waals surface area contributed by atoms with E-state index in [4.69, 9.17) is 5.73 Å². The number of nitrogens with two attached hydrogens (primary N) is 1. The zero-order valence-corrected chi connectivity index (χ0v) is 9.58. The Labute approximate surface area is 91.7 Å². The van der Waals surface area contributed by atoms with Gasteiger partial charge in [-0.1, -0.05) is 6.92 Å². The zero-order valence-electron chi connectivity index (χ0n) is 8.00. The molecule has 0 saturated heterocycles. The highest BCUT2D eigenvalue weighted by Crippen LogP contribution is 2.26. The molecule has 1 heterocycles. The Bertz CT molecular complexity index is 286. The van der Waals surface area contributed by atoms with E-state index in [0.717, 1.165) is 16.6 Å². The lowest BCUT2D eigenvalue weighted by Crippen LogP contribution is -2.19. The highest BCUT2D eigenvalue weighted by atomic mass is 79.9. The van der Waals surface area contributed by atoms with Crippen LogP contribution in [0.3, 0.4) is 0 Å². The summed E-state index contributed by atoms with van der Waals surface area (Å²) in [5.41, 5.74) is 7.07. The lowest BCUT2D eigenvalue weighted by Gasteiger charge is -2.13. The minimum Gasteiger partial charge on any atom is -0.396 e. The third-order valence-corrected chi connectivity index (χ3v) is 2.52. The molecule has 0 radical (unpaired) electrons. The highest BCUT2D eigenvalue weighted by Gasteiger charge is 2.06. The first-order valence-electron chi connectivity index (χ1n) is 4.46. The molecule has 0 aliphatic rings. The molecule has 0 amide bonds. The van der Waals surface area contributed by atoms with Gasteiger partial charge in [-0.25, -0.2) is 0 Å². The standard InChI is InChI=1S/C9H14BrN3O/c1-2-6(14)3-13-9-7(10)4-12-5-8(9)11/h4-6,14H,2-3,11H2,1H3,(H,12,13). The molecule has 1 aromatic rings. The Morgan fingerprint density at radius 1 is 1.64 bits per heavy atom. The normalized spacial score (nSPS) is 12.5. The van der Waals surface area contributed by atoms with Gasteiger partial charge >= 0.3 is 0 Å². The van der Waals surface area contributed by atoms with Crippen LogP contribution in [0.2, 0.25) is 0 Å². The number of anilines is 2. The summed E-state index contributed by atoms with van der Waals surface area (Å²) in [6.07, 6.45) is 3.60. The minimum atomic E-state index is -0.352. The highest BCUT2D eigenvalue weighted by molar-refractivity contribution is 9.10. The van der Waals surface area contributed by atoms with Gasteiger partial charge in [-0.15, -0.1) is 0 Å². The Morgan fingerprint density at radius 3 is 2.93 bits per heavy atom. The number of aromatic nitrogens is 1. The molecule has 0 bridgehead atoms. The van der Waals surface area contributed by atoms with Gasteiger partial charge in [0.05, 0.1) is 28.1 Å². The number of hydrogen-bond donors (Lipinski definition) is 3. The first kappa shape index (κ1) is 11.3. The van der Waals surface area contributed by atoms with Gasteiger partial charge in [-0.05, 0) is 22.4 Å². The molecular formula is C9H14BrN3O. The maximum atomic E-state index is 9.37. The first-order chi connectivity index (χ1) is 6.65. The van der Waals surface area contributed by atoms with Crippen LogP contribution in [0.1, 0.15) is 13.3 Å². The molecule has 0 saturated carbocycles. The minimum absolute atomic E-state index is 0.352. The van der Waals surface area contributed by atoms with Crippen LogP contribution in [0.25, 0.3) is 0 Å². The molecule has 0 spiro atoms. The van der Waals surface area contributed by atoms with Crippen molar-refractivity contribution in [1.29, 1.82) is 0 Å². The molecule has 4 nitrogen and oxygen atoms in total. The monoisotopic (exact) mass is 259 g/mol. The van der Waals surface area contributed by atoms with Crippen molar-refractivity contribution in [3.8, 4) is 0 Å². The van der Waals surface area contributed by atoms with Crippen LogP contribution in [0, 0.1) is 0 Å². The average molecular weight is 260 g/mol. The second-order valence-corrected chi connectivity index (χ2v) is 3.88. The molecule has 4 N–H and O–H groups in total. The van der Waals surface area contributed by atoms with Crippen molar-refractivity contribution in [2.75, 3.05) is 17.6 Å². The number of aliphatic hydroxyl groups is 1. The Kier molecular flexibility index (Phi) is 4.16. The smallest absolute Gasteiger partial charge is 0.0750 e. The van der Waals surface area contributed by atoms with Gasteiger partial charge in [0.15, 0.2) is 0 Å². The molecule has 5 heteroatoms. The van der Waals surface area contributed by atoms with Crippen LogP contribution < -0.4 is 11.1 Å². The number of rotatable bonds is 4. The van der Waals surface area contributed by atoms with Gasteiger partial charge in [0.1, 0.15) is 0 Å². The van der Waals surface area contributed by atoms with Crippen molar-refractivity contribution in [3.05, 3.63) is 16.9 Å². The van der Waals surface area contributed by atoms with Crippen LogP contribution in [0.5, 0.6) is 0 Å². The van der Waals surface area contributed by atoms with Gasteiger partial charge in [-0.3, -0.25) is 4.98 Å². The summed E-state index contributed by atoms with van der Waals surface area (Å²) >= 11 is 3.33. The van der Waals surface area contributed by atoms with E-state index >= 15 is 0 Å². The predicted molar refractivity (Wildman–Crippen MR) is 61.1 cm³/mol. The molecule has 1 rings (SSSR count). The Hall–Kier alpha value is -0.810. The fourth-order valence-electron chi connectivity index (χ4n) is 1.00. The number of nitrogens with zero attached hydrogens (tertiary/aromatic N) is 1. The van der Waals surface area contributed by atoms with Crippen LogP contribution in [0.15, 0.2) is 16.9 Å². The number of hydrogen-bond acceptors (Lipinski definition) is 4. The topological polar surface area (TPSA) is 71.2 Å². The Morgan fingerprint density at radius 2 is 2.36 bits per heavy atom. The lowest BCUT2D eigenvalue weighted by atomic mass is 10.2. The second-order valence-electron chi connectivity index (χ2n) is 3.03. The van der Waals surface area contributed by atoms with Crippen molar-refractivity contribution in [2.24, 2.45) is 0 Å². The van der Waals surface area contributed by atoms with E-state index in [1.54, 1.807) is 12.4 Å². The van der Waals surface area contributed by atoms with Gasteiger partial charge in [0.25, 0.3) is 0 Å². The largest absolute Gasteiger partial charge is 0.396 e. The summed E-state index contributed by atoms with van der Waals surface area (Å²) in [6, 6.07) is 0. The van der Waals surface area contributed by atoms with Gasteiger partial charge < -0.3 is 16.2 Å². The van der Waals surface area contributed by atoms with E-state index in [1.165, 1.54) is 0 Å². The van der Waals surface area contributed by atoms with Crippen LogP contribution in [0.4, 0.5) is 11.4 Å². The summed E-state index contributed by atoms with van der Waals surface area (Å²) in [5.74, 6) is 0. The third kappa shape index (κ3) is 2.85. The first-order valence-corrected chi connectivity index (χ1v) is 5.25. The molecule has 1 unspecified atom stereocenters. The summed E-state index contributed by atoms with van der Waals surface area (Å²) in [7, 11) is 0. The van der Waals surface area contributed by atoms with E-state index in [9.17, 15) is 5.11 Å². The predicted octanol–water partition coefficient (Wildman–Crippen LogP) is 1.61. The van der Waals surface area contributed by atoms with Crippen LogP contribution in [-0.4, -0.2) is 22.7 Å². The van der Waals surface area contributed by atoms with Crippen LogP contribution in [-0.2, 0) is 0 Å². The van der Waals surface area contributed by atoms with Gasteiger partial charge in [0, 0.05) is 12.7 Å². The quantitative estimate of drug-likeness (QED) is 0.769. The SMILES string of the molecule is CCC(O)CNc1c(N)cncc1Br. The maximum Gasteiger partial charge on any atom is 0.0750 e. The van der Waals surface area contributed by atoms with Crippen molar-refractivity contribution in [1.82, 2.24) is 4.98 Å². The zero-order chi connectivity index (χ0) is 10.6.